The molecule has 0 bridgehead atoms. The Bertz CT molecular complexity index is 895. The molecular formula is C14H19N3O5S. The van der Waals surface area contributed by atoms with Gasteiger partial charge in [-0.1, -0.05) is 13.8 Å². The number of nitrogens with two attached hydrogens (primary N) is 1. The van der Waals surface area contributed by atoms with Gasteiger partial charge in [0, 0.05) is 12.1 Å². The molecule has 0 saturated carbocycles. The van der Waals surface area contributed by atoms with Crippen molar-refractivity contribution in [2.75, 3.05) is 0 Å². The van der Waals surface area contributed by atoms with E-state index in [1.165, 1.54) is 12.1 Å². The van der Waals surface area contributed by atoms with E-state index in [0.717, 1.165) is 10.6 Å². The number of carbonyl (C=O) groups excluding carboxylic acids is 1. The second kappa shape index (κ2) is 6.17. The second-order valence-electron chi connectivity index (χ2n) is 5.73. The standard InChI is InChI=1S/C14H19N3O5S/c1-8(2)9(3)16-13(18)7-17-11-5-4-10(23(15,20)21)6-12(11)22-14(17)19/h4-6,8-9H,7H2,1-3H3,(H,16,18)(H2,15,20,21)/t9-/m0/s1. The Morgan fingerprint density at radius 3 is 2.57 bits per heavy atom. The number of benzene rings is 1. The molecule has 1 atom stereocenters. The summed E-state index contributed by atoms with van der Waals surface area (Å²) in [6.45, 7) is 5.60. The molecule has 2 aromatic rings. The van der Waals surface area contributed by atoms with E-state index in [0.29, 0.717) is 5.52 Å². The summed E-state index contributed by atoms with van der Waals surface area (Å²) in [5.41, 5.74) is 0.390. The third-order valence-corrected chi connectivity index (χ3v) is 4.57. The molecule has 1 aromatic carbocycles. The summed E-state index contributed by atoms with van der Waals surface area (Å²) in [6.07, 6.45) is 0. The molecule has 23 heavy (non-hydrogen) atoms. The number of fused-ring (bicyclic) bond motifs is 1. The molecule has 0 spiro atoms. The molecular weight excluding hydrogens is 322 g/mol. The number of nitrogens with zero attached hydrogens (tertiary/aromatic N) is 1. The highest BCUT2D eigenvalue weighted by atomic mass is 32.2. The maximum absolute atomic E-state index is 12.0. The van der Waals surface area contributed by atoms with Crippen LogP contribution in [0.4, 0.5) is 0 Å². The van der Waals surface area contributed by atoms with Gasteiger partial charge in [-0.25, -0.2) is 18.4 Å². The van der Waals surface area contributed by atoms with Gasteiger partial charge in [0.2, 0.25) is 15.9 Å². The van der Waals surface area contributed by atoms with Crippen LogP contribution in [-0.2, 0) is 21.4 Å². The van der Waals surface area contributed by atoms with Crippen molar-refractivity contribution in [3.63, 3.8) is 0 Å². The fraction of sp³-hybridized carbons (Fsp3) is 0.429. The molecule has 0 saturated heterocycles. The van der Waals surface area contributed by atoms with Crippen molar-refractivity contribution in [1.29, 1.82) is 0 Å². The topological polar surface area (TPSA) is 124 Å². The van der Waals surface area contributed by atoms with Crippen LogP contribution in [0.1, 0.15) is 20.8 Å². The SMILES string of the molecule is CC(C)[C@H](C)NC(=O)Cn1c(=O)oc2cc(S(N)(=O)=O)ccc21. The van der Waals surface area contributed by atoms with E-state index in [1.807, 2.05) is 20.8 Å². The van der Waals surface area contributed by atoms with Crippen LogP contribution in [-0.4, -0.2) is 24.9 Å². The largest absolute Gasteiger partial charge is 0.420 e. The van der Waals surface area contributed by atoms with Gasteiger partial charge in [-0.05, 0) is 25.0 Å². The minimum Gasteiger partial charge on any atom is -0.408 e. The zero-order valence-corrected chi connectivity index (χ0v) is 13.9. The molecule has 1 heterocycles. The van der Waals surface area contributed by atoms with Gasteiger partial charge < -0.3 is 9.73 Å². The lowest BCUT2D eigenvalue weighted by molar-refractivity contribution is -0.122. The van der Waals surface area contributed by atoms with Gasteiger partial charge in [0.05, 0.1) is 10.4 Å². The van der Waals surface area contributed by atoms with Crippen molar-refractivity contribution in [2.24, 2.45) is 11.1 Å². The molecule has 0 fully saturated rings. The summed E-state index contributed by atoms with van der Waals surface area (Å²) < 4.78 is 28.8. The molecule has 9 heteroatoms. The Morgan fingerprint density at radius 1 is 1.35 bits per heavy atom. The first kappa shape index (κ1) is 17.2. The minimum absolute atomic E-state index is 0.0367. The maximum Gasteiger partial charge on any atom is 0.420 e. The maximum atomic E-state index is 12.0. The smallest absolute Gasteiger partial charge is 0.408 e. The number of carbonyl (C=O) groups is 1. The highest BCUT2D eigenvalue weighted by Gasteiger charge is 2.17. The van der Waals surface area contributed by atoms with E-state index in [1.54, 1.807) is 0 Å². The number of oxazole rings is 1. The van der Waals surface area contributed by atoms with E-state index >= 15 is 0 Å². The van der Waals surface area contributed by atoms with E-state index < -0.39 is 15.8 Å². The number of nitrogens with one attached hydrogen (secondary N) is 1. The van der Waals surface area contributed by atoms with Crippen LogP contribution >= 0.6 is 0 Å². The summed E-state index contributed by atoms with van der Waals surface area (Å²) >= 11 is 0. The van der Waals surface area contributed by atoms with Gasteiger partial charge in [0.15, 0.2) is 5.58 Å². The van der Waals surface area contributed by atoms with Gasteiger partial charge in [-0.2, -0.15) is 0 Å². The zero-order chi connectivity index (χ0) is 17.4. The number of rotatable bonds is 5. The molecule has 8 nitrogen and oxygen atoms in total. The predicted molar refractivity (Wildman–Crippen MR) is 84.3 cm³/mol. The first-order chi connectivity index (χ1) is 10.6. The van der Waals surface area contributed by atoms with Crippen LogP contribution in [0.3, 0.4) is 0 Å². The summed E-state index contributed by atoms with van der Waals surface area (Å²) in [5.74, 6) is -0.806. The Balaban J connectivity index is 2.33. The lowest BCUT2D eigenvalue weighted by Gasteiger charge is -2.17. The molecule has 2 rings (SSSR count). The number of hydrogen-bond donors (Lipinski definition) is 2. The van der Waals surface area contributed by atoms with Crippen LogP contribution in [0.2, 0.25) is 0 Å². The monoisotopic (exact) mass is 341 g/mol. The van der Waals surface area contributed by atoms with Crippen molar-refractivity contribution in [2.45, 2.75) is 38.3 Å². The van der Waals surface area contributed by atoms with Crippen molar-refractivity contribution in [3.8, 4) is 0 Å². The molecule has 0 aliphatic rings. The summed E-state index contributed by atoms with van der Waals surface area (Å²) in [4.78, 5) is 23.7. The highest BCUT2D eigenvalue weighted by Crippen LogP contribution is 2.17. The summed E-state index contributed by atoms with van der Waals surface area (Å²) in [5, 5.41) is 7.83. The Labute approximate surface area is 133 Å². The average Bonchev–Trinajstić information content (AvgIpc) is 2.73. The van der Waals surface area contributed by atoms with Crippen molar-refractivity contribution in [3.05, 3.63) is 28.7 Å². The number of sulfonamides is 1. The number of amides is 1. The Morgan fingerprint density at radius 2 is 2.00 bits per heavy atom. The lowest BCUT2D eigenvalue weighted by atomic mass is 10.1. The number of aromatic nitrogens is 1. The van der Waals surface area contributed by atoms with Crippen LogP contribution in [0.25, 0.3) is 11.1 Å². The van der Waals surface area contributed by atoms with Crippen LogP contribution in [0, 0.1) is 5.92 Å². The van der Waals surface area contributed by atoms with Gasteiger partial charge in [-0.15, -0.1) is 0 Å². The van der Waals surface area contributed by atoms with Crippen LogP contribution < -0.4 is 16.2 Å². The normalized spacial score (nSPS) is 13.4. The van der Waals surface area contributed by atoms with Gasteiger partial charge in [-0.3, -0.25) is 9.36 Å². The van der Waals surface area contributed by atoms with Crippen molar-refractivity contribution in [1.82, 2.24) is 9.88 Å². The molecule has 0 aliphatic carbocycles. The third kappa shape index (κ3) is 3.80. The van der Waals surface area contributed by atoms with Crippen molar-refractivity contribution < 1.29 is 17.6 Å². The zero-order valence-electron chi connectivity index (χ0n) is 13.1. The Kier molecular flexibility index (Phi) is 4.62. The first-order valence-corrected chi connectivity index (χ1v) is 8.60. The second-order valence-corrected chi connectivity index (χ2v) is 7.29. The van der Waals surface area contributed by atoms with Crippen LogP contribution in [0.15, 0.2) is 32.3 Å². The van der Waals surface area contributed by atoms with E-state index in [9.17, 15) is 18.0 Å². The molecule has 126 valence electrons. The number of primary sulfonamides is 1. The Hall–Kier alpha value is -2.13. The molecule has 3 N–H and O–H groups in total. The highest BCUT2D eigenvalue weighted by molar-refractivity contribution is 7.89. The fourth-order valence-corrected chi connectivity index (χ4v) is 2.51. The third-order valence-electron chi connectivity index (χ3n) is 3.66. The molecule has 0 aliphatic heterocycles. The summed E-state index contributed by atoms with van der Waals surface area (Å²) in [7, 11) is -3.90. The van der Waals surface area contributed by atoms with E-state index in [2.05, 4.69) is 5.32 Å². The molecule has 0 unspecified atom stereocenters. The van der Waals surface area contributed by atoms with Crippen molar-refractivity contribution >= 4 is 27.0 Å². The fourth-order valence-electron chi connectivity index (χ4n) is 1.98. The van der Waals surface area contributed by atoms with Gasteiger partial charge in [0.1, 0.15) is 6.54 Å². The molecule has 1 amide bonds. The predicted octanol–water partition coefficient (Wildman–Crippen LogP) is 0.403. The van der Waals surface area contributed by atoms with Gasteiger partial charge in [0.25, 0.3) is 0 Å². The van der Waals surface area contributed by atoms with E-state index in [-0.39, 0.29) is 34.9 Å². The molecule has 0 radical (unpaired) electrons. The summed E-state index contributed by atoms with van der Waals surface area (Å²) in [6, 6.07) is 3.78. The quantitative estimate of drug-likeness (QED) is 0.814. The minimum atomic E-state index is -3.90. The lowest BCUT2D eigenvalue weighted by Crippen LogP contribution is -2.39. The average molecular weight is 341 g/mol. The van der Waals surface area contributed by atoms with Crippen LogP contribution in [0.5, 0.6) is 0 Å². The van der Waals surface area contributed by atoms with E-state index in [4.69, 9.17) is 9.56 Å². The van der Waals surface area contributed by atoms with Gasteiger partial charge >= 0.3 is 5.76 Å². The molecule has 1 aromatic heterocycles. The first-order valence-electron chi connectivity index (χ1n) is 7.05. The number of hydrogen-bond acceptors (Lipinski definition) is 5.